The van der Waals surface area contributed by atoms with Crippen LogP contribution in [0.15, 0.2) is 24.3 Å². The van der Waals surface area contributed by atoms with Gasteiger partial charge in [-0.25, -0.2) is 4.39 Å². The van der Waals surface area contributed by atoms with Crippen molar-refractivity contribution in [2.75, 3.05) is 6.54 Å². The topological polar surface area (TPSA) is 35.2 Å². The van der Waals surface area contributed by atoms with Crippen molar-refractivity contribution in [3.8, 4) is 0 Å². The molecule has 3 heteroatoms. The van der Waals surface area contributed by atoms with Gasteiger partial charge in [0.05, 0.1) is 12.2 Å². The normalized spacial score (nSPS) is 36.9. The minimum Gasteiger partial charge on any atom is -0.374 e. The van der Waals surface area contributed by atoms with Crippen LogP contribution in [0.2, 0.25) is 0 Å². The first-order valence-corrected chi connectivity index (χ1v) is 5.90. The van der Waals surface area contributed by atoms with E-state index in [1.165, 1.54) is 6.07 Å². The van der Waals surface area contributed by atoms with E-state index in [4.69, 9.17) is 10.5 Å². The largest absolute Gasteiger partial charge is 0.374 e. The molecule has 0 radical (unpaired) electrons. The maximum Gasteiger partial charge on any atom is 0.123 e. The second-order valence-electron chi connectivity index (χ2n) is 4.77. The van der Waals surface area contributed by atoms with Gasteiger partial charge in [0.2, 0.25) is 0 Å². The third-order valence-corrected chi connectivity index (χ3v) is 3.93. The average Bonchev–Trinajstić information content (AvgIpc) is 2.88. The molecule has 2 nitrogen and oxygen atoms in total. The number of halogens is 1. The van der Waals surface area contributed by atoms with Gasteiger partial charge in [0.25, 0.3) is 0 Å². The van der Waals surface area contributed by atoms with E-state index in [1.54, 1.807) is 12.1 Å². The summed E-state index contributed by atoms with van der Waals surface area (Å²) in [6, 6.07) is 6.86. The maximum absolute atomic E-state index is 13.2. The summed E-state index contributed by atoms with van der Waals surface area (Å²) in [6.45, 7) is 0.627. The molecular weight excluding hydrogens is 205 g/mol. The van der Waals surface area contributed by atoms with Crippen molar-refractivity contribution < 1.29 is 9.13 Å². The van der Waals surface area contributed by atoms with Crippen molar-refractivity contribution in [2.24, 2.45) is 11.7 Å². The van der Waals surface area contributed by atoms with E-state index < -0.39 is 0 Å². The van der Waals surface area contributed by atoms with E-state index >= 15 is 0 Å². The Morgan fingerprint density at radius 1 is 1.31 bits per heavy atom. The third-order valence-electron chi connectivity index (χ3n) is 3.93. The summed E-state index contributed by atoms with van der Waals surface area (Å²) in [4.78, 5) is 0. The molecule has 4 unspecified atom stereocenters. The standard InChI is InChI=1S/C13H16FNO/c14-9-3-1-2-8(6-9)13-10(7-15)11-4-5-12(13)16-11/h1-3,6,10-13H,4-5,7,15H2. The van der Waals surface area contributed by atoms with Gasteiger partial charge >= 0.3 is 0 Å². The van der Waals surface area contributed by atoms with Gasteiger partial charge in [0.15, 0.2) is 0 Å². The van der Waals surface area contributed by atoms with E-state index in [9.17, 15) is 4.39 Å². The van der Waals surface area contributed by atoms with Crippen molar-refractivity contribution in [3.63, 3.8) is 0 Å². The second kappa shape index (κ2) is 3.82. The third kappa shape index (κ3) is 1.46. The predicted octanol–water partition coefficient (Wildman–Crippen LogP) is 2.05. The molecule has 2 saturated heterocycles. The molecule has 0 spiro atoms. The molecule has 1 aromatic rings. The highest BCUT2D eigenvalue weighted by Crippen LogP contribution is 2.48. The summed E-state index contributed by atoms with van der Waals surface area (Å²) in [7, 11) is 0. The van der Waals surface area contributed by atoms with Gasteiger partial charge in [0.1, 0.15) is 5.82 Å². The fourth-order valence-corrected chi connectivity index (χ4v) is 3.25. The number of hydrogen-bond acceptors (Lipinski definition) is 2. The Morgan fingerprint density at radius 2 is 2.12 bits per heavy atom. The van der Waals surface area contributed by atoms with Gasteiger partial charge in [-0.15, -0.1) is 0 Å². The minimum atomic E-state index is -0.170. The van der Waals surface area contributed by atoms with Gasteiger partial charge in [-0.2, -0.15) is 0 Å². The van der Waals surface area contributed by atoms with Crippen molar-refractivity contribution in [1.82, 2.24) is 0 Å². The number of hydrogen-bond donors (Lipinski definition) is 1. The SMILES string of the molecule is NCC1C2CCC(O2)C1c1cccc(F)c1. The highest BCUT2D eigenvalue weighted by Gasteiger charge is 2.48. The molecule has 2 bridgehead atoms. The van der Waals surface area contributed by atoms with Gasteiger partial charge in [-0.3, -0.25) is 0 Å². The molecule has 16 heavy (non-hydrogen) atoms. The summed E-state index contributed by atoms with van der Waals surface area (Å²) >= 11 is 0. The lowest BCUT2D eigenvalue weighted by Crippen LogP contribution is -2.31. The summed E-state index contributed by atoms with van der Waals surface area (Å²) in [5, 5.41) is 0. The first-order chi connectivity index (χ1) is 7.79. The molecular formula is C13H16FNO. The van der Waals surface area contributed by atoms with Crippen molar-refractivity contribution in [1.29, 1.82) is 0 Å². The Hall–Kier alpha value is -0.930. The lowest BCUT2D eigenvalue weighted by atomic mass is 9.75. The first-order valence-electron chi connectivity index (χ1n) is 5.90. The summed E-state index contributed by atoms with van der Waals surface area (Å²) < 4.78 is 19.1. The Labute approximate surface area is 94.6 Å². The van der Waals surface area contributed by atoms with Gasteiger partial charge in [-0.05, 0) is 37.1 Å². The summed E-state index contributed by atoms with van der Waals surface area (Å²) in [5.74, 6) is 0.482. The van der Waals surface area contributed by atoms with Gasteiger partial charge < -0.3 is 10.5 Å². The maximum atomic E-state index is 13.2. The molecule has 2 fully saturated rings. The molecule has 2 heterocycles. The number of nitrogens with two attached hydrogens (primary N) is 1. The molecule has 2 aliphatic heterocycles. The zero-order valence-corrected chi connectivity index (χ0v) is 9.10. The Kier molecular flexibility index (Phi) is 2.45. The van der Waals surface area contributed by atoms with Crippen LogP contribution in [0.5, 0.6) is 0 Å². The molecule has 2 aliphatic rings. The van der Waals surface area contributed by atoms with Crippen molar-refractivity contribution in [2.45, 2.75) is 31.0 Å². The van der Waals surface area contributed by atoms with E-state index in [0.29, 0.717) is 24.5 Å². The fourth-order valence-electron chi connectivity index (χ4n) is 3.25. The van der Waals surface area contributed by atoms with Crippen LogP contribution in [0.3, 0.4) is 0 Å². The molecule has 3 rings (SSSR count). The Bertz CT molecular complexity index is 395. The molecule has 0 amide bonds. The van der Waals surface area contributed by atoms with Crippen molar-refractivity contribution in [3.05, 3.63) is 35.6 Å². The van der Waals surface area contributed by atoms with Crippen LogP contribution in [0.25, 0.3) is 0 Å². The minimum absolute atomic E-state index is 0.170. The highest BCUT2D eigenvalue weighted by atomic mass is 19.1. The zero-order chi connectivity index (χ0) is 11.1. The molecule has 0 aliphatic carbocycles. The number of fused-ring (bicyclic) bond motifs is 2. The van der Waals surface area contributed by atoms with Crippen LogP contribution in [-0.2, 0) is 4.74 Å². The molecule has 86 valence electrons. The van der Waals surface area contributed by atoms with Crippen LogP contribution in [0, 0.1) is 11.7 Å². The first kappa shape index (κ1) is 10.2. The Balaban J connectivity index is 1.94. The van der Waals surface area contributed by atoms with E-state index in [-0.39, 0.29) is 11.9 Å². The number of benzene rings is 1. The lowest BCUT2D eigenvalue weighted by Gasteiger charge is -2.27. The fraction of sp³-hybridized carbons (Fsp3) is 0.538. The van der Waals surface area contributed by atoms with Crippen LogP contribution >= 0.6 is 0 Å². The smallest absolute Gasteiger partial charge is 0.123 e. The quantitative estimate of drug-likeness (QED) is 0.829. The van der Waals surface area contributed by atoms with E-state index in [1.807, 2.05) is 6.07 Å². The average molecular weight is 221 g/mol. The highest BCUT2D eigenvalue weighted by molar-refractivity contribution is 5.26. The van der Waals surface area contributed by atoms with Crippen LogP contribution in [0.4, 0.5) is 4.39 Å². The van der Waals surface area contributed by atoms with Gasteiger partial charge in [-0.1, -0.05) is 12.1 Å². The van der Waals surface area contributed by atoms with E-state index in [0.717, 1.165) is 18.4 Å². The monoisotopic (exact) mass is 221 g/mol. The van der Waals surface area contributed by atoms with Crippen LogP contribution in [-0.4, -0.2) is 18.8 Å². The molecule has 1 aromatic carbocycles. The molecule has 2 N–H and O–H groups in total. The van der Waals surface area contributed by atoms with E-state index in [2.05, 4.69) is 0 Å². The van der Waals surface area contributed by atoms with Crippen molar-refractivity contribution >= 4 is 0 Å². The molecule has 4 atom stereocenters. The second-order valence-corrected chi connectivity index (χ2v) is 4.77. The summed E-state index contributed by atoms with van der Waals surface area (Å²) in [6.07, 6.45) is 2.74. The zero-order valence-electron chi connectivity index (χ0n) is 9.10. The molecule has 0 saturated carbocycles. The number of rotatable bonds is 2. The summed E-state index contributed by atoms with van der Waals surface area (Å²) in [5.41, 5.74) is 6.86. The Morgan fingerprint density at radius 3 is 2.88 bits per heavy atom. The molecule has 0 aromatic heterocycles. The lowest BCUT2D eigenvalue weighted by molar-refractivity contribution is 0.0918. The number of ether oxygens (including phenoxy) is 1. The van der Waals surface area contributed by atoms with Crippen LogP contribution in [0.1, 0.15) is 24.3 Å². The van der Waals surface area contributed by atoms with Gasteiger partial charge in [0, 0.05) is 11.8 Å². The predicted molar refractivity (Wildman–Crippen MR) is 59.6 cm³/mol. The van der Waals surface area contributed by atoms with Crippen LogP contribution < -0.4 is 5.73 Å².